The van der Waals surface area contributed by atoms with Crippen LogP contribution in [0.2, 0.25) is 0 Å². The van der Waals surface area contributed by atoms with Crippen LogP contribution in [-0.2, 0) is 16.6 Å². The number of nitrogens with two attached hydrogens (primary N) is 1. The molecule has 0 amide bonds. The number of para-hydroxylation sites is 1. The number of hydrogen-bond acceptors (Lipinski definition) is 8. The number of nitro benzene ring substituents is 1. The first kappa shape index (κ1) is 20.5. The molecule has 0 aliphatic carbocycles. The van der Waals surface area contributed by atoms with Crippen LogP contribution >= 0.6 is 23.7 Å². The molecule has 2 aromatic rings. The van der Waals surface area contributed by atoms with Crippen LogP contribution in [0.15, 0.2) is 35.4 Å². The number of nitrogen functional groups attached to an aromatic ring is 1. The number of sulfonamides is 1. The molecule has 0 saturated carbocycles. The molecule has 1 saturated heterocycles. The maximum Gasteiger partial charge on any atom is 0.289 e. The summed E-state index contributed by atoms with van der Waals surface area (Å²) in [6.07, 6.45) is 1.72. The minimum absolute atomic E-state index is 0. The third kappa shape index (κ3) is 4.30. The largest absolute Gasteiger partial charge is 0.375 e. The molecule has 1 aliphatic heterocycles. The van der Waals surface area contributed by atoms with Crippen LogP contribution in [0, 0.1) is 10.1 Å². The topological polar surface area (TPSA) is 123 Å². The molecule has 26 heavy (non-hydrogen) atoms. The number of hydrogen-bond donors (Lipinski definition) is 1. The smallest absolute Gasteiger partial charge is 0.289 e. The van der Waals surface area contributed by atoms with Crippen LogP contribution < -0.4 is 5.73 Å². The normalized spacial score (nSPS) is 16.2. The van der Waals surface area contributed by atoms with Gasteiger partial charge in [0.2, 0.25) is 10.0 Å². The minimum Gasteiger partial charge on any atom is -0.375 e. The van der Waals surface area contributed by atoms with E-state index in [-0.39, 0.29) is 30.4 Å². The van der Waals surface area contributed by atoms with Gasteiger partial charge in [0.15, 0.2) is 10.0 Å². The van der Waals surface area contributed by atoms with E-state index >= 15 is 0 Å². The summed E-state index contributed by atoms with van der Waals surface area (Å²) >= 11 is 1.41. The molecule has 142 valence electrons. The van der Waals surface area contributed by atoms with Crippen molar-refractivity contribution >= 4 is 44.6 Å². The molecule has 12 heteroatoms. The second-order valence-corrected chi connectivity index (χ2v) is 8.62. The third-order valence-corrected chi connectivity index (χ3v) is 6.72. The molecule has 0 atom stereocenters. The number of aromatic nitrogens is 1. The Balaban J connectivity index is 0.00000243. The Morgan fingerprint density at radius 2 is 1.88 bits per heavy atom. The first-order valence-corrected chi connectivity index (χ1v) is 9.79. The molecule has 1 aliphatic rings. The van der Waals surface area contributed by atoms with E-state index in [9.17, 15) is 18.5 Å². The van der Waals surface area contributed by atoms with Gasteiger partial charge >= 0.3 is 0 Å². The first-order chi connectivity index (χ1) is 11.9. The predicted octanol–water partition coefficient (Wildman–Crippen LogP) is 1.56. The van der Waals surface area contributed by atoms with Crippen molar-refractivity contribution in [3.05, 3.63) is 45.5 Å². The predicted molar refractivity (Wildman–Crippen MR) is 101 cm³/mol. The Morgan fingerprint density at radius 1 is 1.23 bits per heavy atom. The Morgan fingerprint density at radius 3 is 2.46 bits per heavy atom. The highest BCUT2D eigenvalue weighted by Gasteiger charge is 2.33. The summed E-state index contributed by atoms with van der Waals surface area (Å²) in [6.45, 7) is 2.30. The zero-order valence-electron chi connectivity index (χ0n) is 13.6. The third-order valence-electron chi connectivity index (χ3n) is 3.96. The van der Waals surface area contributed by atoms with Crippen LogP contribution in [-0.4, -0.2) is 53.7 Å². The zero-order chi connectivity index (χ0) is 18.0. The molecule has 0 bridgehead atoms. The van der Waals surface area contributed by atoms with Crippen molar-refractivity contribution in [3.63, 3.8) is 0 Å². The quantitative estimate of drug-likeness (QED) is 0.576. The minimum atomic E-state index is -3.89. The maximum absolute atomic E-state index is 12.8. The number of benzene rings is 1. The number of thiazole rings is 1. The van der Waals surface area contributed by atoms with E-state index in [1.54, 1.807) is 6.20 Å². The molecule has 0 unspecified atom stereocenters. The van der Waals surface area contributed by atoms with E-state index in [2.05, 4.69) is 9.88 Å². The summed E-state index contributed by atoms with van der Waals surface area (Å²) in [5.41, 5.74) is 5.21. The van der Waals surface area contributed by atoms with E-state index in [0.29, 0.717) is 24.8 Å². The molecule has 1 fully saturated rings. The standard InChI is InChI=1S/C14H17N5O4S2.ClH/c15-14-16-9-11(24-14)10-17-5-7-18(8-6-17)25(22,23)13-4-2-1-3-12(13)19(20)21;/h1-4,9H,5-8,10H2,(H2,15,16);1H. The van der Waals surface area contributed by atoms with Crippen molar-refractivity contribution in [3.8, 4) is 0 Å². The van der Waals surface area contributed by atoms with Gasteiger partial charge in [0, 0.05) is 49.9 Å². The van der Waals surface area contributed by atoms with Crippen molar-refractivity contribution < 1.29 is 13.3 Å². The molecule has 3 rings (SSSR count). The Hall–Kier alpha value is -1.79. The highest BCUT2D eigenvalue weighted by atomic mass is 35.5. The molecule has 1 aromatic carbocycles. The second-order valence-electron chi connectivity index (χ2n) is 5.57. The second kappa shape index (κ2) is 8.27. The van der Waals surface area contributed by atoms with Gasteiger partial charge in [-0.05, 0) is 6.07 Å². The fourth-order valence-corrected chi connectivity index (χ4v) is 5.02. The molecule has 0 spiro atoms. The molecular formula is C14H18ClN5O4S2. The van der Waals surface area contributed by atoms with Crippen LogP contribution in [0.5, 0.6) is 0 Å². The molecule has 2 heterocycles. The number of anilines is 1. The van der Waals surface area contributed by atoms with Crippen LogP contribution in [0.3, 0.4) is 0 Å². The van der Waals surface area contributed by atoms with E-state index < -0.39 is 20.6 Å². The summed E-state index contributed by atoms with van der Waals surface area (Å²) in [4.78, 5) is 17.3. The summed E-state index contributed by atoms with van der Waals surface area (Å²) in [6, 6.07) is 5.43. The number of halogens is 1. The van der Waals surface area contributed by atoms with Gasteiger partial charge in [-0.1, -0.05) is 12.1 Å². The van der Waals surface area contributed by atoms with Gasteiger partial charge in [-0.15, -0.1) is 23.7 Å². The number of nitrogens with zero attached hydrogens (tertiary/aromatic N) is 4. The van der Waals surface area contributed by atoms with Gasteiger partial charge in [0.05, 0.1) is 4.92 Å². The Labute approximate surface area is 161 Å². The van der Waals surface area contributed by atoms with Crippen molar-refractivity contribution in [2.75, 3.05) is 31.9 Å². The summed E-state index contributed by atoms with van der Waals surface area (Å²) in [7, 11) is -3.89. The summed E-state index contributed by atoms with van der Waals surface area (Å²) in [5.74, 6) is 0. The lowest BCUT2D eigenvalue weighted by Gasteiger charge is -2.33. The van der Waals surface area contributed by atoms with Crippen LogP contribution in [0.1, 0.15) is 4.88 Å². The highest BCUT2D eigenvalue weighted by molar-refractivity contribution is 7.89. The fourth-order valence-electron chi connectivity index (χ4n) is 2.71. The van der Waals surface area contributed by atoms with E-state index in [1.807, 2.05) is 0 Å². The van der Waals surface area contributed by atoms with E-state index in [4.69, 9.17) is 5.73 Å². The first-order valence-electron chi connectivity index (χ1n) is 7.54. The summed E-state index contributed by atoms with van der Waals surface area (Å²) < 4.78 is 26.8. The maximum atomic E-state index is 12.8. The molecule has 9 nitrogen and oxygen atoms in total. The molecule has 2 N–H and O–H groups in total. The van der Waals surface area contributed by atoms with Gasteiger partial charge in [-0.25, -0.2) is 13.4 Å². The summed E-state index contributed by atoms with van der Waals surface area (Å²) in [5, 5.41) is 11.6. The van der Waals surface area contributed by atoms with Gasteiger partial charge in [-0.3, -0.25) is 15.0 Å². The van der Waals surface area contributed by atoms with Gasteiger partial charge in [0.25, 0.3) is 5.69 Å². The SMILES string of the molecule is Cl.Nc1ncc(CN2CCN(S(=O)(=O)c3ccccc3[N+](=O)[O-])CC2)s1. The zero-order valence-corrected chi connectivity index (χ0v) is 16.1. The Kier molecular flexibility index (Phi) is 6.53. The lowest BCUT2D eigenvalue weighted by Crippen LogP contribution is -2.48. The van der Waals surface area contributed by atoms with Crippen LogP contribution in [0.4, 0.5) is 10.8 Å². The van der Waals surface area contributed by atoms with Crippen molar-refractivity contribution in [2.24, 2.45) is 0 Å². The Bertz CT molecular complexity index is 881. The van der Waals surface area contributed by atoms with Gasteiger partial charge in [0.1, 0.15) is 0 Å². The lowest BCUT2D eigenvalue weighted by molar-refractivity contribution is -0.387. The molecule has 1 aromatic heterocycles. The monoisotopic (exact) mass is 419 g/mol. The van der Waals surface area contributed by atoms with Crippen molar-refractivity contribution in [1.82, 2.24) is 14.2 Å². The number of piperazine rings is 1. The average molecular weight is 420 g/mol. The highest BCUT2D eigenvalue weighted by Crippen LogP contribution is 2.27. The van der Waals surface area contributed by atoms with Crippen molar-refractivity contribution in [2.45, 2.75) is 11.4 Å². The van der Waals surface area contributed by atoms with E-state index in [1.165, 1.54) is 39.9 Å². The number of nitro groups is 1. The van der Waals surface area contributed by atoms with E-state index in [0.717, 1.165) is 4.88 Å². The molecular weight excluding hydrogens is 402 g/mol. The molecule has 0 radical (unpaired) electrons. The average Bonchev–Trinajstić information content (AvgIpc) is 3.00. The van der Waals surface area contributed by atoms with Gasteiger partial charge in [-0.2, -0.15) is 4.31 Å². The number of rotatable bonds is 5. The fraction of sp³-hybridized carbons (Fsp3) is 0.357. The lowest BCUT2D eigenvalue weighted by atomic mass is 10.3. The van der Waals surface area contributed by atoms with Crippen LogP contribution in [0.25, 0.3) is 0 Å². The van der Waals surface area contributed by atoms with Crippen molar-refractivity contribution in [1.29, 1.82) is 0 Å². The van der Waals surface area contributed by atoms with Gasteiger partial charge < -0.3 is 5.73 Å².